The normalized spacial score (nSPS) is 13.4. The molecule has 5 rings (SSSR count). The van der Waals surface area contributed by atoms with Gasteiger partial charge in [-0.3, -0.25) is 4.79 Å². The van der Waals surface area contributed by atoms with Gasteiger partial charge in [-0.15, -0.1) is 0 Å². The first-order valence-electron chi connectivity index (χ1n) is 9.39. The van der Waals surface area contributed by atoms with E-state index < -0.39 is 0 Å². The van der Waals surface area contributed by atoms with Crippen LogP contribution < -0.4 is 14.8 Å². The van der Waals surface area contributed by atoms with Gasteiger partial charge in [0, 0.05) is 11.8 Å². The number of rotatable bonds is 4. The second-order valence-corrected chi connectivity index (χ2v) is 6.94. The van der Waals surface area contributed by atoms with E-state index in [1.165, 1.54) is 18.3 Å². The third-order valence-corrected chi connectivity index (χ3v) is 5.03. The number of carbonyl (C=O) groups is 1. The standard InChI is InChI=1S/C22H17FN4O3/c1-13(14-2-5-16(23)6-3-14)26-22(28)17-11-25-27-18(8-9-24-21(17)27)15-4-7-19-20(10-15)30-12-29-19/h2-11,13H,12H2,1H3,(H,26,28)/t13-/m0/s1. The highest BCUT2D eigenvalue weighted by atomic mass is 19.1. The molecule has 150 valence electrons. The van der Waals surface area contributed by atoms with E-state index in [2.05, 4.69) is 15.4 Å². The Labute approximate surface area is 171 Å². The summed E-state index contributed by atoms with van der Waals surface area (Å²) in [5.74, 6) is 0.729. The minimum Gasteiger partial charge on any atom is -0.454 e. The number of benzene rings is 2. The third-order valence-electron chi connectivity index (χ3n) is 5.03. The molecule has 1 atom stereocenters. The summed E-state index contributed by atoms with van der Waals surface area (Å²) in [6, 6.07) is 13.2. The van der Waals surface area contributed by atoms with Gasteiger partial charge < -0.3 is 14.8 Å². The number of carbonyl (C=O) groups excluding carboxylic acids is 1. The van der Waals surface area contributed by atoms with E-state index in [1.807, 2.05) is 31.2 Å². The van der Waals surface area contributed by atoms with Gasteiger partial charge in [-0.2, -0.15) is 5.10 Å². The number of nitrogens with zero attached hydrogens (tertiary/aromatic N) is 3. The van der Waals surface area contributed by atoms with Gasteiger partial charge in [-0.1, -0.05) is 12.1 Å². The minimum absolute atomic E-state index is 0.197. The number of amides is 1. The molecular weight excluding hydrogens is 387 g/mol. The van der Waals surface area contributed by atoms with Crippen LogP contribution in [0.15, 0.2) is 60.9 Å². The Balaban J connectivity index is 1.46. The zero-order valence-electron chi connectivity index (χ0n) is 16.0. The Bertz CT molecular complexity index is 1250. The molecule has 0 bridgehead atoms. The van der Waals surface area contributed by atoms with Gasteiger partial charge in [0.15, 0.2) is 17.1 Å². The fraction of sp³-hybridized carbons (Fsp3) is 0.136. The van der Waals surface area contributed by atoms with Crippen molar-refractivity contribution in [3.8, 4) is 22.8 Å². The zero-order chi connectivity index (χ0) is 20.7. The summed E-state index contributed by atoms with van der Waals surface area (Å²) in [7, 11) is 0. The van der Waals surface area contributed by atoms with Crippen LogP contribution in [0, 0.1) is 5.82 Å². The third kappa shape index (κ3) is 3.12. The Hall–Kier alpha value is -3.94. The van der Waals surface area contributed by atoms with Crippen LogP contribution in [0.5, 0.6) is 11.5 Å². The van der Waals surface area contributed by atoms with Crippen LogP contribution in [0.25, 0.3) is 16.9 Å². The lowest BCUT2D eigenvalue weighted by molar-refractivity contribution is 0.0941. The maximum atomic E-state index is 13.1. The molecule has 1 aliphatic rings. The summed E-state index contributed by atoms with van der Waals surface area (Å²) in [5, 5.41) is 7.29. The first kappa shape index (κ1) is 18.1. The van der Waals surface area contributed by atoms with Crippen molar-refractivity contribution in [1.29, 1.82) is 0 Å². The molecule has 4 aromatic rings. The zero-order valence-corrected chi connectivity index (χ0v) is 16.0. The molecule has 7 nitrogen and oxygen atoms in total. The maximum absolute atomic E-state index is 13.1. The van der Waals surface area contributed by atoms with Gasteiger partial charge in [0.2, 0.25) is 6.79 Å². The van der Waals surface area contributed by atoms with E-state index >= 15 is 0 Å². The van der Waals surface area contributed by atoms with Gasteiger partial charge in [-0.25, -0.2) is 13.9 Å². The molecule has 0 aliphatic carbocycles. The van der Waals surface area contributed by atoms with E-state index in [9.17, 15) is 9.18 Å². The van der Waals surface area contributed by atoms with Gasteiger partial charge in [0.25, 0.3) is 5.91 Å². The van der Waals surface area contributed by atoms with Crippen molar-refractivity contribution in [2.75, 3.05) is 6.79 Å². The van der Waals surface area contributed by atoms with Crippen LogP contribution in [-0.4, -0.2) is 27.3 Å². The van der Waals surface area contributed by atoms with Crippen LogP contribution >= 0.6 is 0 Å². The number of aromatic nitrogens is 3. The fourth-order valence-electron chi connectivity index (χ4n) is 3.44. The molecule has 0 fully saturated rings. The second kappa shape index (κ2) is 7.14. The van der Waals surface area contributed by atoms with E-state index in [0.29, 0.717) is 22.7 Å². The average molecular weight is 404 g/mol. The summed E-state index contributed by atoms with van der Waals surface area (Å²) >= 11 is 0. The van der Waals surface area contributed by atoms with Crippen LogP contribution in [0.4, 0.5) is 4.39 Å². The van der Waals surface area contributed by atoms with Crippen molar-refractivity contribution >= 4 is 11.6 Å². The Kier molecular flexibility index (Phi) is 4.31. The smallest absolute Gasteiger partial charge is 0.257 e. The molecule has 2 aromatic heterocycles. The highest BCUT2D eigenvalue weighted by Crippen LogP contribution is 2.35. The lowest BCUT2D eigenvalue weighted by Gasteiger charge is -2.13. The number of halogens is 1. The van der Waals surface area contributed by atoms with Crippen molar-refractivity contribution in [1.82, 2.24) is 19.9 Å². The van der Waals surface area contributed by atoms with E-state index in [0.717, 1.165) is 16.8 Å². The molecular formula is C22H17FN4O3. The highest BCUT2D eigenvalue weighted by molar-refractivity contribution is 6.00. The maximum Gasteiger partial charge on any atom is 0.257 e. The Morgan fingerprint density at radius 2 is 1.93 bits per heavy atom. The molecule has 1 aliphatic heterocycles. The number of ether oxygens (including phenoxy) is 2. The van der Waals surface area contributed by atoms with Gasteiger partial charge >= 0.3 is 0 Å². The Morgan fingerprint density at radius 3 is 2.77 bits per heavy atom. The van der Waals surface area contributed by atoms with Crippen molar-refractivity contribution < 1.29 is 18.7 Å². The van der Waals surface area contributed by atoms with Crippen molar-refractivity contribution in [3.63, 3.8) is 0 Å². The summed E-state index contributed by atoms with van der Waals surface area (Å²) in [6.45, 7) is 2.03. The summed E-state index contributed by atoms with van der Waals surface area (Å²) in [5.41, 5.74) is 3.22. The molecule has 0 saturated heterocycles. The van der Waals surface area contributed by atoms with Crippen LogP contribution in [-0.2, 0) is 0 Å². The quantitative estimate of drug-likeness (QED) is 0.561. The van der Waals surface area contributed by atoms with Crippen molar-refractivity contribution in [2.45, 2.75) is 13.0 Å². The molecule has 3 heterocycles. The van der Waals surface area contributed by atoms with Crippen molar-refractivity contribution in [2.24, 2.45) is 0 Å². The predicted octanol–water partition coefficient (Wildman–Crippen LogP) is 3.76. The van der Waals surface area contributed by atoms with Gasteiger partial charge in [0.05, 0.1) is 17.9 Å². The first-order valence-corrected chi connectivity index (χ1v) is 9.39. The molecule has 8 heteroatoms. The van der Waals surface area contributed by atoms with E-state index in [1.54, 1.807) is 22.8 Å². The number of hydrogen-bond acceptors (Lipinski definition) is 5. The van der Waals surface area contributed by atoms with Crippen molar-refractivity contribution in [3.05, 3.63) is 77.9 Å². The van der Waals surface area contributed by atoms with Crippen LogP contribution in [0.1, 0.15) is 28.9 Å². The molecule has 1 amide bonds. The summed E-state index contributed by atoms with van der Waals surface area (Å²) in [4.78, 5) is 17.2. The predicted molar refractivity (Wildman–Crippen MR) is 107 cm³/mol. The minimum atomic E-state index is -0.319. The molecule has 2 aromatic carbocycles. The van der Waals surface area contributed by atoms with Gasteiger partial charge in [-0.05, 0) is 48.9 Å². The molecule has 30 heavy (non-hydrogen) atoms. The number of hydrogen-bond donors (Lipinski definition) is 1. The summed E-state index contributed by atoms with van der Waals surface area (Å²) < 4.78 is 25.6. The number of fused-ring (bicyclic) bond motifs is 2. The lowest BCUT2D eigenvalue weighted by atomic mass is 10.1. The molecule has 0 spiro atoms. The largest absolute Gasteiger partial charge is 0.454 e. The van der Waals surface area contributed by atoms with Gasteiger partial charge in [0.1, 0.15) is 11.4 Å². The first-order chi connectivity index (χ1) is 14.6. The fourth-order valence-corrected chi connectivity index (χ4v) is 3.44. The van der Waals surface area contributed by atoms with Crippen LogP contribution in [0.3, 0.4) is 0 Å². The molecule has 1 N–H and O–H groups in total. The highest BCUT2D eigenvalue weighted by Gasteiger charge is 2.20. The van der Waals surface area contributed by atoms with E-state index in [-0.39, 0.29) is 24.6 Å². The lowest BCUT2D eigenvalue weighted by Crippen LogP contribution is -2.26. The average Bonchev–Trinajstić information content (AvgIpc) is 3.40. The van der Waals surface area contributed by atoms with Crippen LogP contribution in [0.2, 0.25) is 0 Å². The SMILES string of the molecule is C[C@H](NC(=O)c1cnn2c(-c3ccc4c(c3)OCO4)ccnc12)c1ccc(F)cc1. The molecule has 0 radical (unpaired) electrons. The topological polar surface area (TPSA) is 77.8 Å². The summed E-state index contributed by atoms with van der Waals surface area (Å²) in [6.07, 6.45) is 3.13. The molecule has 0 unspecified atom stereocenters. The Morgan fingerprint density at radius 1 is 1.13 bits per heavy atom. The molecule has 0 saturated carbocycles. The monoisotopic (exact) mass is 404 g/mol. The number of nitrogens with one attached hydrogen (secondary N) is 1. The van der Waals surface area contributed by atoms with E-state index in [4.69, 9.17) is 9.47 Å². The second-order valence-electron chi connectivity index (χ2n) is 6.94.